The molecule has 3 rings (SSSR count). The Labute approximate surface area is 128 Å². The van der Waals surface area contributed by atoms with Crippen molar-refractivity contribution in [3.05, 3.63) is 52.8 Å². The highest BCUT2D eigenvalue weighted by atomic mass is 16.5. The van der Waals surface area contributed by atoms with E-state index in [2.05, 4.69) is 10.3 Å². The van der Waals surface area contributed by atoms with E-state index in [1.54, 1.807) is 19.1 Å². The summed E-state index contributed by atoms with van der Waals surface area (Å²) in [6.07, 6.45) is 1.69. The lowest BCUT2D eigenvalue weighted by Crippen LogP contribution is -2.06. The Hall–Kier alpha value is -2.82. The number of aromatic amines is 1. The standard InChI is InChI=1S/C17H16N2O3/c1-3-22-17(21)13-8-10(2)18-15(13)9-12-11-6-4-5-7-14(11)19-16(12)20/h4-9,18H,3H2,1-2H3,(H,19,20). The number of amides is 1. The van der Waals surface area contributed by atoms with Crippen LogP contribution in [-0.2, 0) is 9.53 Å². The second kappa shape index (κ2) is 5.52. The van der Waals surface area contributed by atoms with Gasteiger partial charge in [0.05, 0.1) is 23.4 Å². The van der Waals surface area contributed by atoms with Crippen LogP contribution in [-0.4, -0.2) is 23.5 Å². The molecule has 0 atom stereocenters. The van der Waals surface area contributed by atoms with E-state index < -0.39 is 5.97 Å². The molecule has 1 aromatic carbocycles. The third-order valence-electron chi connectivity index (χ3n) is 3.48. The van der Waals surface area contributed by atoms with Gasteiger partial charge < -0.3 is 15.0 Å². The van der Waals surface area contributed by atoms with Crippen molar-refractivity contribution in [2.24, 2.45) is 0 Å². The molecule has 2 heterocycles. The first kappa shape index (κ1) is 14.1. The number of carbonyl (C=O) groups excluding carboxylic acids is 2. The van der Waals surface area contributed by atoms with Crippen molar-refractivity contribution in [3.8, 4) is 0 Å². The molecule has 1 aromatic heterocycles. The Morgan fingerprint density at radius 2 is 2.09 bits per heavy atom. The minimum atomic E-state index is -0.398. The number of anilines is 1. The van der Waals surface area contributed by atoms with Crippen LogP contribution in [0.15, 0.2) is 30.3 Å². The molecule has 0 saturated heterocycles. The van der Waals surface area contributed by atoms with Crippen molar-refractivity contribution in [1.82, 2.24) is 4.98 Å². The number of aryl methyl sites for hydroxylation is 1. The van der Waals surface area contributed by atoms with E-state index in [-0.39, 0.29) is 5.91 Å². The van der Waals surface area contributed by atoms with Crippen LogP contribution in [0.25, 0.3) is 11.6 Å². The predicted octanol–water partition coefficient (Wildman–Crippen LogP) is 2.99. The van der Waals surface area contributed by atoms with E-state index in [1.165, 1.54) is 0 Å². The predicted molar refractivity (Wildman–Crippen MR) is 84.4 cm³/mol. The summed E-state index contributed by atoms with van der Waals surface area (Å²) in [6, 6.07) is 9.19. The Morgan fingerprint density at radius 1 is 1.32 bits per heavy atom. The molecule has 22 heavy (non-hydrogen) atoms. The number of aromatic nitrogens is 1. The highest BCUT2D eigenvalue weighted by Gasteiger charge is 2.24. The van der Waals surface area contributed by atoms with Crippen LogP contribution in [0.3, 0.4) is 0 Å². The number of esters is 1. The average molecular weight is 296 g/mol. The number of para-hydroxylation sites is 1. The van der Waals surface area contributed by atoms with E-state index in [9.17, 15) is 9.59 Å². The summed E-state index contributed by atoms with van der Waals surface area (Å²) in [6.45, 7) is 3.92. The molecule has 112 valence electrons. The van der Waals surface area contributed by atoms with Crippen molar-refractivity contribution in [2.75, 3.05) is 11.9 Å². The van der Waals surface area contributed by atoms with Gasteiger partial charge in [0.2, 0.25) is 0 Å². The smallest absolute Gasteiger partial charge is 0.340 e. The molecule has 1 amide bonds. The summed E-state index contributed by atoms with van der Waals surface area (Å²) >= 11 is 0. The van der Waals surface area contributed by atoms with Gasteiger partial charge in [-0.05, 0) is 32.1 Å². The number of ether oxygens (including phenoxy) is 1. The second-order valence-corrected chi connectivity index (χ2v) is 5.06. The van der Waals surface area contributed by atoms with Crippen LogP contribution < -0.4 is 5.32 Å². The third-order valence-corrected chi connectivity index (χ3v) is 3.48. The van der Waals surface area contributed by atoms with E-state index in [4.69, 9.17) is 4.74 Å². The van der Waals surface area contributed by atoms with Gasteiger partial charge in [0.1, 0.15) is 0 Å². The molecule has 1 aliphatic rings. The van der Waals surface area contributed by atoms with Gasteiger partial charge in [0.15, 0.2) is 0 Å². The molecule has 2 N–H and O–H groups in total. The van der Waals surface area contributed by atoms with Crippen LogP contribution in [0.4, 0.5) is 5.69 Å². The van der Waals surface area contributed by atoms with E-state index in [1.807, 2.05) is 31.2 Å². The van der Waals surface area contributed by atoms with Gasteiger partial charge in [0, 0.05) is 16.9 Å². The number of rotatable bonds is 3. The van der Waals surface area contributed by atoms with Crippen LogP contribution in [0.2, 0.25) is 0 Å². The number of H-pyrrole nitrogens is 1. The van der Waals surface area contributed by atoms with E-state index in [0.29, 0.717) is 23.4 Å². The Kier molecular flexibility index (Phi) is 3.55. The summed E-state index contributed by atoms with van der Waals surface area (Å²) < 4.78 is 5.05. The highest BCUT2D eigenvalue weighted by molar-refractivity contribution is 6.35. The normalized spacial score (nSPS) is 14.8. The molecule has 0 saturated carbocycles. The second-order valence-electron chi connectivity index (χ2n) is 5.06. The van der Waals surface area contributed by atoms with Gasteiger partial charge in [-0.15, -0.1) is 0 Å². The van der Waals surface area contributed by atoms with Crippen molar-refractivity contribution in [2.45, 2.75) is 13.8 Å². The summed E-state index contributed by atoms with van der Waals surface area (Å²) in [5, 5.41) is 2.81. The van der Waals surface area contributed by atoms with Gasteiger partial charge in [0.25, 0.3) is 5.91 Å². The molecule has 1 aliphatic heterocycles. The van der Waals surface area contributed by atoms with Crippen LogP contribution >= 0.6 is 0 Å². The number of benzene rings is 1. The number of fused-ring (bicyclic) bond motifs is 1. The van der Waals surface area contributed by atoms with Crippen molar-refractivity contribution >= 4 is 29.2 Å². The number of hydrogen-bond acceptors (Lipinski definition) is 3. The largest absolute Gasteiger partial charge is 0.462 e. The molecule has 0 aliphatic carbocycles. The molecule has 0 fully saturated rings. The van der Waals surface area contributed by atoms with Gasteiger partial charge in [-0.3, -0.25) is 4.79 Å². The maximum atomic E-state index is 12.1. The zero-order valence-electron chi connectivity index (χ0n) is 12.4. The van der Waals surface area contributed by atoms with Crippen LogP contribution in [0, 0.1) is 6.92 Å². The molecule has 5 nitrogen and oxygen atoms in total. The Bertz CT molecular complexity index is 787. The lowest BCUT2D eigenvalue weighted by atomic mass is 10.1. The summed E-state index contributed by atoms with van der Waals surface area (Å²) in [5.74, 6) is -0.575. The maximum absolute atomic E-state index is 12.1. The van der Waals surface area contributed by atoms with Crippen molar-refractivity contribution in [1.29, 1.82) is 0 Å². The average Bonchev–Trinajstić information content (AvgIpc) is 3.01. The zero-order chi connectivity index (χ0) is 15.7. The monoisotopic (exact) mass is 296 g/mol. The fraction of sp³-hybridized carbons (Fsp3) is 0.176. The summed E-state index contributed by atoms with van der Waals surface area (Å²) in [4.78, 5) is 27.3. The fourth-order valence-corrected chi connectivity index (χ4v) is 2.53. The minimum absolute atomic E-state index is 0.178. The van der Waals surface area contributed by atoms with Crippen molar-refractivity contribution < 1.29 is 14.3 Å². The van der Waals surface area contributed by atoms with Gasteiger partial charge in [-0.25, -0.2) is 4.79 Å². The summed E-state index contributed by atoms with van der Waals surface area (Å²) in [5.41, 5.74) is 3.99. The number of hydrogen-bond donors (Lipinski definition) is 2. The summed E-state index contributed by atoms with van der Waals surface area (Å²) in [7, 11) is 0. The molecule has 5 heteroatoms. The Morgan fingerprint density at radius 3 is 2.86 bits per heavy atom. The topological polar surface area (TPSA) is 71.2 Å². The van der Waals surface area contributed by atoms with Gasteiger partial charge >= 0.3 is 5.97 Å². The third kappa shape index (κ3) is 2.41. The first-order chi connectivity index (χ1) is 10.6. The fourth-order valence-electron chi connectivity index (χ4n) is 2.53. The zero-order valence-corrected chi connectivity index (χ0v) is 12.4. The Balaban J connectivity index is 2.06. The number of nitrogens with one attached hydrogen (secondary N) is 2. The van der Waals surface area contributed by atoms with Gasteiger partial charge in [-0.2, -0.15) is 0 Å². The number of carbonyl (C=O) groups is 2. The van der Waals surface area contributed by atoms with Crippen molar-refractivity contribution in [3.63, 3.8) is 0 Å². The molecule has 0 spiro atoms. The maximum Gasteiger partial charge on any atom is 0.340 e. The molecule has 0 bridgehead atoms. The molecular formula is C17H16N2O3. The molecular weight excluding hydrogens is 280 g/mol. The van der Waals surface area contributed by atoms with E-state index >= 15 is 0 Å². The SMILES string of the molecule is CCOC(=O)c1cc(C)[nH]c1C=C1C(=O)Nc2ccccc21. The highest BCUT2D eigenvalue weighted by Crippen LogP contribution is 2.33. The molecule has 0 unspecified atom stereocenters. The van der Waals surface area contributed by atoms with E-state index in [0.717, 1.165) is 16.9 Å². The minimum Gasteiger partial charge on any atom is -0.462 e. The first-order valence-corrected chi connectivity index (χ1v) is 7.09. The molecule has 2 aromatic rings. The quantitative estimate of drug-likeness (QED) is 0.675. The molecule has 0 radical (unpaired) electrons. The first-order valence-electron chi connectivity index (χ1n) is 7.09. The van der Waals surface area contributed by atoms with Crippen LogP contribution in [0.5, 0.6) is 0 Å². The van der Waals surface area contributed by atoms with Gasteiger partial charge in [-0.1, -0.05) is 18.2 Å². The lowest BCUT2D eigenvalue weighted by molar-refractivity contribution is -0.110. The lowest BCUT2D eigenvalue weighted by Gasteiger charge is -2.02. The van der Waals surface area contributed by atoms with Crippen LogP contribution in [0.1, 0.15) is 34.2 Å².